The lowest BCUT2D eigenvalue weighted by atomic mass is 10.1. The molecule has 1 heterocycles. The number of carbonyl (C=O) groups excluding carboxylic acids is 2. The Kier molecular flexibility index (Phi) is 17.9. The van der Waals surface area contributed by atoms with E-state index in [2.05, 4.69) is 43.3 Å². The Bertz CT molecular complexity index is 520. The number of unbranched alkanes of at least 4 members (excludes halogenated alkanes) is 4. The van der Waals surface area contributed by atoms with E-state index in [0.717, 1.165) is 51.3 Å². The molecule has 2 amide bonds. The van der Waals surface area contributed by atoms with Crippen molar-refractivity contribution in [1.82, 2.24) is 20.4 Å². The molecule has 0 unspecified atom stereocenters. The molecule has 0 aromatic rings. The molecule has 182 valence electrons. The number of nitrogens with one attached hydrogen (secondary N) is 2. The molecule has 0 aliphatic carbocycles. The number of aliphatic imine (C=N–C) groups is 1. The van der Waals surface area contributed by atoms with Gasteiger partial charge >= 0.3 is 0 Å². The second-order valence-corrected chi connectivity index (χ2v) is 8.56. The molecular formula is C23H46IN5O2. The molecule has 0 atom stereocenters. The Balaban J connectivity index is 0.00000900. The summed E-state index contributed by atoms with van der Waals surface area (Å²) in [5.41, 5.74) is 0. The third-order valence-electron chi connectivity index (χ3n) is 5.30. The van der Waals surface area contributed by atoms with Gasteiger partial charge in [-0.15, -0.1) is 24.0 Å². The normalized spacial score (nSPS) is 14.4. The zero-order chi connectivity index (χ0) is 22.2. The molecule has 31 heavy (non-hydrogen) atoms. The molecule has 0 saturated carbocycles. The summed E-state index contributed by atoms with van der Waals surface area (Å²) in [6, 6.07) is 0. The molecule has 1 aliphatic heterocycles. The number of rotatable bonds is 13. The van der Waals surface area contributed by atoms with Crippen molar-refractivity contribution in [1.29, 1.82) is 0 Å². The molecule has 0 radical (unpaired) electrons. The molecular weight excluding hydrogens is 505 g/mol. The van der Waals surface area contributed by atoms with Crippen LogP contribution in [0, 0.1) is 5.92 Å². The predicted molar refractivity (Wildman–Crippen MR) is 140 cm³/mol. The highest BCUT2D eigenvalue weighted by molar-refractivity contribution is 14.0. The van der Waals surface area contributed by atoms with Crippen LogP contribution in [0.15, 0.2) is 4.99 Å². The molecule has 1 fully saturated rings. The van der Waals surface area contributed by atoms with Crippen molar-refractivity contribution >= 4 is 41.8 Å². The number of guanidine groups is 1. The lowest BCUT2D eigenvalue weighted by molar-refractivity contribution is -0.140. The van der Waals surface area contributed by atoms with Gasteiger partial charge in [-0.3, -0.25) is 14.6 Å². The van der Waals surface area contributed by atoms with Crippen LogP contribution in [0.25, 0.3) is 0 Å². The number of hydrogen-bond acceptors (Lipinski definition) is 3. The second-order valence-electron chi connectivity index (χ2n) is 8.56. The summed E-state index contributed by atoms with van der Waals surface area (Å²) in [7, 11) is 0. The summed E-state index contributed by atoms with van der Waals surface area (Å²) in [6.45, 7) is 13.7. The van der Waals surface area contributed by atoms with Crippen molar-refractivity contribution in [2.45, 2.75) is 79.1 Å². The smallest absolute Gasteiger partial charge is 0.222 e. The third kappa shape index (κ3) is 13.9. The van der Waals surface area contributed by atoms with Gasteiger partial charge in [0.1, 0.15) is 0 Å². The maximum atomic E-state index is 12.4. The SMILES string of the molecule is CCCCCN=C(NCC)NCCCCCC(=O)N1CCN(C(=O)CC(C)C)CC1.I. The molecule has 1 rings (SSSR count). The average molecular weight is 552 g/mol. The van der Waals surface area contributed by atoms with Crippen molar-refractivity contribution in [2.75, 3.05) is 45.8 Å². The Hall–Kier alpha value is -1.06. The highest BCUT2D eigenvalue weighted by atomic mass is 127. The lowest BCUT2D eigenvalue weighted by Gasteiger charge is -2.35. The van der Waals surface area contributed by atoms with Crippen molar-refractivity contribution < 1.29 is 9.59 Å². The van der Waals surface area contributed by atoms with Crippen LogP contribution in [0.4, 0.5) is 0 Å². The molecule has 0 spiro atoms. The van der Waals surface area contributed by atoms with Crippen LogP contribution in [0.2, 0.25) is 0 Å². The van der Waals surface area contributed by atoms with E-state index in [9.17, 15) is 9.59 Å². The van der Waals surface area contributed by atoms with Crippen LogP contribution < -0.4 is 10.6 Å². The number of hydrogen-bond donors (Lipinski definition) is 2. The van der Waals surface area contributed by atoms with Crippen molar-refractivity contribution in [3.63, 3.8) is 0 Å². The highest BCUT2D eigenvalue weighted by Crippen LogP contribution is 2.10. The van der Waals surface area contributed by atoms with Crippen LogP contribution in [0.3, 0.4) is 0 Å². The molecule has 1 aliphatic rings. The number of piperazine rings is 1. The van der Waals surface area contributed by atoms with E-state index in [1.807, 2.05) is 9.80 Å². The summed E-state index contributed by atoms with van der Waals surface area (Å²) >= 11 is 0. The first-order chi connectivity index (χ1) is 14.5. The third-order valence-corrected chi connectivity index (χ3v) is 5.30. The van der Waals surface area contributed by atoms with Crippen LogP contribution >= 0.6 is 24.0 Å². The number of nitrogens with zero attached hydrogens (tertiary/aromatic N) is 3. The monoisotopic (exact) mass is 551 g/mol. The predicted octanol–water partition coefficient (Wildman–Crippen LogP) is 3.63. The molecule has 0 aromatic carbocycles. The summed E-state index contributed by atoms with van der Waals surface area (Å²) in [4.78, 5) is 33.0. The average Bonchev–Trinajstić information content (AvgIpc) is 2.73. The summed E-state index contributed by atoms with van der Waals surface area (Å²) < 4.78 is 0. The van der Waals surface area contributed by atoms with Gasteiger partial charge < -0.3 is 20.4 Å². The van der Waals surface area contributed by atoms with Gasteiger partial charge in [0.05, 0.1) is 0 Å². The van der Waals surface area contributed by atoms with E-state index in [4.69, 9.17) is 0 Å². The van der Waals surface area contributed by atoms with Gasteiger partial charge in [0.25, 0.3) is 0 Å². The molecule has 8 heteroatoms. The molecule has 0 aromatic heterocycles. The van der Waals surface area contributed by atoms with Gasteiger partial charge in [0.2, 0.25) is 11.8 Å². The van der Waals surface area contributed by atoms with E-state index in [-0.39, 0.29) is 35.8 Å². The Morgan fingerprint density at radius 1 is 0.871 bits per heavy atom. The van der Waals surface area contributed by atoms with E-state index in [0.29, 0.717) is 44.9 Å². The van der Waals surface area contributed by atoms with Gasteiger partial charge in [-0.2, -0.15) is 0 Å². The zero-order valence-corrected chi connectivity index (χ0v) is 22.6. The minimum atomic E-state index is 0. The molecule has 1 saturated heterocycles. The first kappa shape index (κ1) is 29.9. The van der Waals surface area contributed by atoms with Crippen LogP contribution in [-0.2, 0) is 9.59 Å². The van der Waals surface area contributed by atoms with Crippen molar-refractivity contribution in [3.8, 4) is 0 Å². The van der Waals surface area contributed by atoms with Crippen LogP contribution in [0.5, 0.6) is 0 Å². The number of halogens is 1. The first-order valence-electron chi connectivity index (χ1n) is 12.1. The van der Waals surface area contributed by atoms with Gasteiger partial charge in [-0.1, -0.05) is 40.0 Å². The lowest BCUT2D eigenvalue weighted by Crippen LogP contribution is -2.50. The first-order valence-corrected chi connectivity index (χ1v) is 12.1. The van der Waals surface area contributed by atoms with Crippen LogP contribution in [0.1, 0.15) is 79.1 Å². The van der Waals surface area contributed by atoms with Crippen molar-refractivity contribution in [3.05, 3.63) is 0 Å². The summed E-state index contributed by atoms with van der Waals surface area (Å²) in [5.74, 6) is 1.72. The van der Waals surface area contributed by atoms with E-state index in [1.165, 1.54) is 12.8 Å². The zero-order valence-electron chi connectivity index (χ0n) is 20.3. The molecule has 0 bridgehead atoms. The minimum Gasteiger partial charge on any atom is -0.357 e. The topological polar surface area (TPSA) is 77.0 Å². The van der Waals surface area contributed by atoms with Crippen LogP contribution in [-0.4, -0.2) is 73.4 Å². The maximum Gasteiger partial charge on any atom is 0.222 e. The summed E-state index contributed by atoms with van der Waals surface area (Å²) in [5, 5.41) is 6.67. The Labute approximate surface area is 207 Å². The van der Waals surface area contributed by atoms with Gasteiger partial charge in [-0.05, 0) is 32.1 Å². The fourth-order valence-corrected chi connectivity index (χ4v) is 3.52. The van der Waals surface area contributed by atoms with E-state index in [1.54, 1.807) is 0 Å². The molecule has 7 nitrogen and oxygen atoms in total. The Morgan fingerprint density at radius 3 is 2.10 bits per heavy atom. The van der Waals surface area contributed by atoms with Crippen molar-refractivity contribution in [2.24, 2.45) is 10.9 Å². The number of amides is 2. The summed E-state index contributed by atoms with van der Waals surface area (Å²) in [6.07, 6.45) is 7.74. The highest BCUT2D eigenvalue weighted by Gasteiger charge is 2.23. The number of carbonyl (C=O) groups is 2. The maximum absolute atomic E-state index is 12.4. The Morgan fingerprint density at radius 2 is 1.52 bits per heavy atom. The molecule has 2 N–H and O–H groups in total. The van der Waals surface area contributed by atoms with Gasteiger partial charge in [0.15, 0.2) is 5.96 Å². The van der Waals surface area contributed by atoms with E-state index >= 15 is 0 Å². The standard InChI is InChI=1S/C23H45N5O2.HI/c1-5-7-10-13-25-23(24-6-2)26-14-11-8-9-12-21(29)27-15-17-28(18-16-27)22(30)19-20(3)4;/h20H,5-19H2,1-4H3,(H2,24,25,26);1H. The minimum absolute atomic E-state index is 0. The second kappa shape index (κ2) is 18.5. The fourth-order valence-electron chi connectivity index (χ4n) is 3.52. The van der Waals surface area contributed by atoms with Gasteiger partial charge in [0, 0.05) is 58.7 Å². The fraction of sp³-hybridized carbons (Fsp3) is 0.870. The van der Waals surface area contributed by atoms with Gasteiger partial charge in [-0.25, -0.2) is 0 Å². The largest absolute Gasteiger partial charge is 0.357 e. The van der Waals surface area contributed by atoms with E-state index < -0.39 is 0 Å². The quantitative estimate of drug-likeness (QED) is 0.159.